The minimum Gasteiger partial charge on any atom is -0.482 e. The number of benzene rings is 4. The van der Waals surface area contributed by atoms with E-state index in [1.165, 1.54) is 81.4 Å². The number of alkyl halides is 9. The molecule has 0 saturated carbocycles. The van der Waals surface area contributed by atoms with Gasteiger partial charge in [-0.15, -0.1) is 0 Å². The van der Waals surface area contributed by atoms with Crippen LogP contribution in [-0.4, -0.2) is 44.8 Å². The fraction of sp³-hybridized carbons (Fsp3) is 0.333. The third-order valence-electron chi connectivity index (χ3n) is 7.39. The van der Waals surface area contributed by atoms with Gasteiger partial charge < -0.3 is 18.9 Å². The molecular formula is C39H37F9O9S2. The first kappa shape index (κ1) is 46.7. The molecule has 322 valence electrons. The van der Waals surface area contributed by atoms with Gasteiger partial charge in [-0.05, 0) is 100 Å². The lowest BCUT2D eigenvalue weighted by Gasteiger charge is -2.40. The van der Waals surface area contributed by atoms with Crippen molar-refractivity contribution >= 4 is 32.4 Å². The van der Waals surface area contributed by atoms with Crippen LogP contribution < -0.4 is 9.47 Å². The SMILES string of the molecule is CC(C)(C)OC(=O)COc1ccc(S(OS(=O)(=O)c2c(C(F)(F)F)cc(C(F)(F)F)cc2C(F)(F)F)(c2ccccc2)c2ccccc2)c(OCC(=O)OC(C)(C)C)c1. The van der Waals surface area contributed by atoms with Crippen molar-refractivity contribution in [2.24, 2.45) is 0 Å². The molecule has 9 nitrogen and oxygen atoms in total. The van der Waals surface area contributed by atoms with Gasteiger partial charge in [0.25, 0.3) is 0 Å². The summed E-state index contributed by atoms with van der Waals surface area (Å²) in [6.45, 7) is 7.75. The summed E-state index contributed by atoms with van der Waals surface area (Å²) >= 11 is 0. The number of ether oxygens (including phenoxy) is 4. The van der Waals surface area contributed by atoms with Gasteiger partial charge in [0.2, 0.25) is 0 Å². The Morgan fingerprint density at radius 3 is 1.37 bits per heavy atom. The van der Waals surface area contributed by atoms with Crippen LogP contribution in [-0.2, 0) is 51.3 Å². The molecule has 0 amide bonds. The Kier molecular flexibility index (Phi) is 13.4. The molecule has 4 aromatic rings. The molecule has 0 radical (unpaired) electrons. The second-order valence-electron chi connectivity index (χ2n) is 14.5. The predicted molar refractivity (Wildman–Crippen MR) is 194 cm³/mol. The van der Waals surface area contributed by atoms with Crippen LogP contribution in [0.15, 0.2) is 111 Å². The van der Waals surface area contributed by atoms with Gasteiger partial charge in [-0.1, -0.05) is 36.4 Å². The second kappa shape index (κ2) is 17.0. The summed E-state index contributed by atoms with van der Waals surface area (Å²) in [6, 6.07) is 15.0. The Morgan fingerprint density at radius 1 is 0.559 bits per heavy atom. The number of hydrogen-bond acceptors (Lipinski definition) is 9. The normalized spacial score (nSPS) is 13.4. The molecule has 0 spiro atoms. The van der Waals surface area contributed by atoms with E-state index in [1.807, 2.05) is 0 Å². The highest BCUT2D eigenvalue weighted by Crippen LogP contribution is 2.72. The maximum absolute atomic E-state index is 14.6. The highest BCUT2D eigenvalue weighted by molar-refractivity contribution is 8.33. The van der Waals surface area contributed by atoms with E-state index in [1.54, 1.807) is 20.8 Å². The van der Waals surface area contributed by atoms with E-state index in [0.29, 0.717) is 0 Å². The zero-order valence-corrected chi connectivity index (χ0v) is 33.6. The van der Waals surface area contributed by atoms with Gasteiger partial charge >= 0.3 is 40.6 Å². The molecule has 0 aliphatic heterocycles. The summed E-state index contributed by atoms with van der Waals surface area (Å²) in [7, 11) is -10.7. The molecule has 0 atom stereocenters. The number of esters is 2. The summed E-state index contributed by atoms with van der Waals surface area (Å²) < 4.78 is 185. The Balaban J connectivity index is 2.11. The number of halogens is 9. The molecule has 4 rings (SSSR count). The summed E-state index contributed by atoms with van der Waals surface area (Å²) in [5.41, 5.74) is -10.0. The standard InChI is InChI=1S/C39H37F9O9S2/c1-35(2,3)55-32(49)22-53-25-17-18-31(30(21-25)54-23-33(50)56-36(4,5)6)58(26-13-9-7-10-14-26,27-15-11-8-12-16-27)57-59(51,52)34-28(38(43,44)45)19-24(37(40,41)42)20-29(34)39(46,47)48/h7-21H,22-23H2,1-6H3. The average molecular weight is 885 g/mol. The average Bonchev–Trinajstić information content (AvgIpc) is 3.10. The van der Waals surface area contributed by atoms with E-state index in [-0.39, 0.29) is 15.5 Å². The number of rotatable bonds is 12. The van der Waals surface area contributed by atoms with Crippen molar-refractivity contribution in [2.45, 2.75) is 90.9 Å². The van der Waals surface area contributed by atoms with E-state index in [9.17, 15) is 57.5 Å². The van der Waals surface area contributed by atoms with E-state index in [0.717, 1.165) is 18.2 Å². The van der Waals surface area contributed by atoms with Crippen molar-refractivity contribution in [3.63, 3.8) is 0 Å². The lowest BCUT2D eigenvalue weighted by molar-refractivity contribution is -0.158. The predicted octanol–water partition coefficient (Wildman–Crippen LogP) is 10.8. The molecule has 0 aliphatic rings. The highest BCUT2D eigenvalue weighted by Gasteiger charge is 2.51. The van der Waals surface area contributed by atoms with Gasteiger partial charge in [0, 0.05) is 15.9 Å². The van der Waals surface area contributed by atoms with Crippen LogP contribution in [0.25, 0.3) is 0 Å². The topological polar surface area (TPSA) is 114 Å². The van der Waals surface area contributed by atoms with Gasteiger partial charge in [-0.3, -0.25) is 0 Å². The maximum Gasteiger partial charge on any atom is 0.417 e. The molecule has 0 aliphatic carbocycles. The molecule has 0 heterocycles. The maximum atomic E-state index is 14.6. The monoisotopic (exact) mass is 884 g/mol. The van der Waals surface area contributed by atoms with Crippen molar-refractivity contribution in [2.75, 3.05) is 13.2 Å². The fourth-order valence-corrected chi connectivity index (χ4v) is 11.0. The van der Waals surface area contributed by atoms with Gasteiger partial charge in [-0.25, -0.2) is 13.2 Å². The fourth-order valence-electron chi connectivity index (χ4n) is 5.33. The summed E-state index contributed by atoms with van der Waals surface area (Å²) in [5, 5.41) is 0. The molecule has 0 unspecified atom stereocenters. The van der Waals surface area contributed by atoms with Gasteiger partial charge in [0.05, 0.1) is 21.6 Å². The largest absolute Gasteiger partial charge is 0.482 e. The summed E-state index contributed by atoms with van der Waals surface area (Å²) in [5.74, 6) is -2.49. The van der Waals surface area contributed by atoms with Crippen molar-refractivity contribution < 1.29 is 80.1 Å². The van der Waals surface area contributed by atoms with Crippen LogP contribution in [0.4, 0.5) is 39.5 Å². The molecule has 59 heavy (non-hydrogen) atoms. The van der Waals surface area contributed by atoms with Crippen LogP contribution in [0.5, 0.6) is 11.5 Å². The van der Waals surface area contributed by atoms with Gasteiger partial charge in [-0.2, -0.15) is 47.9 Å². The zero-order valence-electron chi connectivity index (χ0n) is 32.0. The molecule has 0 N–H and O–H groups in total. The van der Waals surface area contributed by atoms with Crippen LogP contribution in [0.1, 0.15) is 58.2 Å². The first-order valence-corrected chi connectivity index (χ1v) is 20.0. The molecular weight excluding hydrogens is 848 g/mol. The molecule has 0 aromatic heterocycles. The van der Waals surface area contributed by atoms with Crippen LogP contribution in [0, 0.1) is 0 Å². The Bertz CT molecular complexity index is 2170. The van der Waals surface area contributed by atoms with Crippen molar-refractivity contribution in [3.8, 4) is 11.5 Å². The summed E-state index contributed by atoms with van der Waals surface area (Å²) in [6.07, 6.45) is -18.0. The highest BCUT2D eigenvalue weighted by atomic mass is 32.3. The van der Waals surface area contributed by atoms with Crippen LogP contribution >= 0.6 is 10.3 Å². The zero-order chi connectivity index (χ0) is 44.4. The van der Waals surface area contributed by atoms with E-state index >= 15 is 0 Å². The minimum absolute atomic E-state index is 0.183. The Hall–Kier alpha value is -4.95. The molecule has 0 saturated heterocycles. The van der Waals surface area contributed by atoms with Crippen molar-refractivity contribution in [3.05, 3.63) is 108 Å². The third kappa shape index (κ3) is 11.8. The lowest BCUT2D eigenvalue weighted by Crippen LogP contribution is -2.28. The molecule has 20 heteroatoms. The second-order valence-corrected chi connectivity index (χ2v) is 18.8. The smallest absolute Gasteiger partial charge is 0.417 e. The minimum atomic E-state index is -6.48. The van der Waals surface area contributed by atoms with Crippen LogP contribution in [0.2, 0.25) is 0 Å². The first-order valence-electron chi connectivity index (χ1n) is 17.1. The lowest BCUT2D eigenvalue weighted by atomic mass is 10.0. The number of carbonyl (C=O) groups is 2. The van der Waals surface area contributed by atoms with Crippen LogP contribution in [0.3, 0.4) is 0 Å². The molecule has 4 aromatic carbocycles. The quantitative estimate of drug-likeness (QED) is 0.101. The number of hydrogen-bond donors (Lipinski definition) is 0. The van der Waals surface area contributed by atoms with Crippen molar-refractivity contribution in [1.82, 2.24) is 0 Å². The van der Waals surface area contributed by atoms with E-state index < -0.39 is 120 Å². The van der Waals surface area contributed by atoms with Gasteiger partial charge in [0.15, 0.2) is 13.2 Å². The van der Waals surface area contributed by atoms with E-state index in [4.69, 9.17) is 22.6 Å². The van der Waals surface area contributed by atoms with Gasteiger partial charge in [0.1, 0.15) is 27.6 Å². The summed E-state index contributed by atoms with van der Waals surface area (Å²) in [4.78, 5) is 22.0. The Morgan fingerprint density at radius 2 is 0.983 bits per heavy atom. The third-order valence-corrected chi connectivity index (χ3v) is 12.7. The molecule has 0 bridgehead atoms. The first-order chi connectivity index (χ1) is 26.9. The Labute approximate surface area is 335 Å². The molecule has 0 fully saturated rings. The number of carbonyl (C=O) groups excluding carboxylic acids is 2. The van der Waals surface area contributed by atoms with E-state index in [2.05, 4.69) is 0 Å². The van der Waals surface area contributed by atoms with Crippen molar-refractivity contribution in [1.29, 1.82) is 0 Å².